The molecule has 3 aromatic carbocycles. The minimum atomic E-state index is -4.26. The number of hydrogen-bond donors (Lipinski definition) is 3. The number of hydrogen-bond acceptors (Lipinski definition) is 15. The molecular weight excluding hydrogens is 1010 g/mol. The van der Waals surface area contributed by atoms with Gasteiger partial charge in [-0.3, -0.25) is 14.4 Å². The Hall–Kier alpha value is -3.97. The van der Waals surface area contributed by atoms with Crippen LogP contribution in [0.5, 0.6) is 0 Å². The van der Waals surface area contributed by atoms with Gasteiger partial charge in [-0.15, -0.1) is 0 Å². The molecule has 25 heteroatoms. The average Bonchev–Trinajstić information content (AvgIpc) is 4.06. The molecule has 3 heterocycles. The van der Waals surface area contributed by atoms with Gasteiger partial charge < -0.3 is 16.0 Å². The van der Waals surface area contributed by atoms with E-state index in [1.165, 1.54) is 46.6 Å². The van der Waals surface area contributed by atoms with Crippen LogP contribution in [-0.2, 0) is 14.4 Å². The van der Waals surface area contributed by atoms with Gasteiger partial charge in [-0.05, 0) is 96.5 Å². The summed E-state index contributed by atoms with van der Waals surface area (Å²) in [6.45, 7) is 3.11. The lowest BCUT2D eigenvalue weighted by Gasteiger charge is -2.10. The van der Waals surface area contributed by atoms with Crippen molar-refractivity contribution in [1.82, 2.24) is 44.0 Å². The minimum Gasteiger partial charge on any atom is -0.355 e. The van der Waals surface area contributed by atoms with Crippen molar-refractivity contribution in [2.75, 3.05) is 36.9 Å². The molecule has 348 valence electrons. The third-order valence-electron chi connectivity index (χ3n) is 7.63. The number of benzene rings is 3. The summed E-state index contributed by atoms with van der Waals surface area (Å²) in [5.74, 6) is -1.18. The fraction of sp³-hybridized carbons (Fsp3) is 0.325. The van der Waals surface area contributed by atoms with Gasteiger partial charge in [0.15, 0.2) is 30.5 Å². The van der Waals surface area contributed by atoms with E-state index in [0.717, 1.165) is 57.7 Å². The Labute approximate surface area is 406 Å². The summed E-state index contributed by atoms with van der Waals surface area (Å²) < 4.78 is 75.8. The minimum absolute atomic E-state index is 0.0152. The van der Waals surface area contributed by atoms with Crippen LogP contribution < -0.4 is 16.0 Å². The molecule has 0 radical (unpaired) electrons. The van der Waals surface area contributed by atoms with Crippen molar-refractivity contribution in [3.05, 3.63) is 88.9 Å². The fourth-order valence-electron chi connectivity index (χ4n) is 4.51. The van der Waals surface area contributed by atoms with Gasteiger partial charge in [0.1, 0.15) is 0 Å². The zero-order valence-corrected chi connectivity index (χ0v) is 40.8. The molecule has 0 fully saturated rings. The Kier molecular flexibility index (Phi) is 22.8. The summed E-state index contributed by atoms with van der Waals surface area (Å²) in [5, 5.41) is 8.83. The summed E-state index contributed by atoms with van der Waals surface area (Å²) >= 11 is 19.1. The van der Waals surface area contributed by atoms with Crippen LogP contribution in [0.4, 0.5) is 22.0 Å². The van der Waals surface area contributed by atoms with E-state index in [9.17, 15) is 36.3 Å². The second kappa shape index (κ2) is 27.6. The first-order valence-corrected chi connectivity index (χ1v) is 25.2. The van der Waals surface area contributed by atoms with Crippen LogP contribution in [0.2, 0.25) is 10.0 Å². The second-order valence-corrected chi connectivity index (χ2v) is 19.9. The van der Waals surface area contributed by atoms with Crippen molar-refractivity contribution in [2.24, 2.45) is 0 Å². The van der Waals surface area contributed by atoms with Gasteiger partial charge in [-0.2, -0.15) is 26.3 Å². The third-order valence-corrected chi connectivity index (χ3v) is 13.6. The van der Waals surface area contributed by atoms with Gasteiger partial charge >= 0.3 is 6.18 Å². The Morgan fingerprint density at radius 2 is 0.908 bits per heavy atom. The molecule has 3 aromatic heterocycles. The molecule has 6 rings (SSSR count). The number of halogens is 7. The van der Waals surface area contributed by atoms with Crippen molar-refractivity contribution < 1.29 is 36.3 Å². The number of alkyl halides is 5. The van der Waals surface area contributed by atoms with E-state index < -0.39 is 31.0 Å². The first kappa shape index (κ1) is 53.6. The number of amides is 3. The summed E-state index contributed by atoms with van der Waals surface area (Å²) in [7, 11) is 0. The van der Waals surface area contributed by atoms with E-state index >= 15 is 0 Å². The van der Waals surface area contributed by atoms with E-state index in [2.05, 4.69) is 44.0 Å². The molecule has 0 aliphatic heterocycles. The van der Waals surface area contributed by atoms with Crippen molar-refractivity contribution in [3.8, 4) is 34.2 Å². The largest absolute Gasteiger partial charge is 0.390 e. The van der Waals surface area contributed by atoms with Crippen molar-refractivity contribution in [1.29, 1.82) is 0 Å². The topological polar surface area (TPSA) is 165 Å². The number of carbonyl (C=O) groups excluding carboxylic acids is 3. The maximum Gasteiger partial charge on any atom is 0.390 e. The highest BCUT2D eigenvalue weighted by Crippen LogP contribution is 2.28. The molecule has 0 saturated carbocycles. The van der Waals surface area contributed by atoms with Crippen LogP contribution in [-0.4, -0.2) is 94.8 Å². The van der Waals surface area contributed by atoms with Crippen molar-refractivity contribution >= 4 is 111 Å². The lowest BCUT2D eigenvalue weighted by molar-refractivity contribution is -0.135. The molecule has 0 bridgehead atoms. The molecule has 0 spiro atoms. The molecule has 0 aliphatic carbocycles. The molecule has 3 amide bonds. The summed E-state index contributed by atoms with van der Waals surface area (Å²) in [4.78, 5) is 47.5. The normalized spacial score (nSPS) is 11.2. The number of nitrogens with zero attached hydrogens (tertiary/aromatic N) is 6. The van der Waals surface area contributed by atoms with Crippen LogP contribution in [0.3, 0.4) is 0 Å². The van der Waals surface area contributed by atoms with Crippen LogP contribution in [0.25, 0.3) is 34.2 Å². The number of thioether (sulfide) groups is 3. The van der Waals surface area contributed by atoms with E-state index in [1.807, 2.05) is 73.7 Å². The highest BCUT2D eigenvalue weighted by molar-refractivity contribution is 8.02. The first-order valence-electron chi connectivity index (χ1n) is 19.2. The molecule has 6 aromatic rings. The zero-order valence-electron chi connectivity index (χ0n) is 34.4. The Morgan fingerprint density at radius 3 is 1.26 bits per heavy atom. The Bertz CT molecular complexity index is 2370. The summed E-state index contributed by atoms with van der Waals surface area (Å²) in [6.07, 6.45) is -4.72. The smallest absolute Gasteiger partial charge is 0.355 e. The second-order valence-electron chi connectivity index (χ2n) is 13.1. The monoisotopic (exact) mass is 1050 g/mol. The average molecular weight is 1050 g/mol. The third kappa shape index (κ3) is 21.9. The van der Waals surface area contributed by atoms with Gasteiger partial charge in [0, 0.05) is 52.8 Å². The van der Waals surface area contributed by atoms with Crippen LogP contribution in [0.15, 0.2) is 91.9 Å². The summed E-state index contributed by atoms with van der Waals surface area (Å²) in [5.41, 5.74) is 2.64. The van der Waals surface area contributed by atoms with Crippen molar-refractivity contribution in [3.63, 3.8) is 0 Å². The standard InChI is InChI=1S/C14H14ClF2N3OS2.C13H14ClN3OS2.C13H12F3N3OS2/c1-14(16,17)6-7-18-11(21)8-22-13-19-12(20-23-13)9-2-4-10(15)5-3-9;1-2-7-15-11(18)8-19-13-16-12(17-20-13)9-3-5-10(14)6-4-9;14-13(15,16)6-7-17-10(20)8-21-12-18-11(19-22-12)9-4-2-1-3-5-9/h2-5H,6-8H2,1H3,(H,18,21);3-6H,2,7-8H2,1H3,(H,15,18);1-5H,6-8H2,(H,17,20). The molecule has 3 N–H and O–H groups in total. The van der Waals surface area contributed by atoms with E-state index in [-0.39, 0.29) is 36.3 Å². The van der Waals surface area contributed by atoms with Gasteiger partial charge in [0.2, 0.25) is 23.6 Å². The number of rotatable bonds is 19. The SMILES string of the molecule is CC(F)(F)CCNC(=O)CSc1nc(-c2ccc(Cl)cc2)ns1.CCCNC(=O)CSc1nc(-c2ccc(Cl)cc2)ns1.O=C(CSc1nc(-c2ccccc2)ns1)NCCC(F)(F)F. The predicted octanol–water partition coefficient (Wildman–Crippen LogP) is 11.0. The number of carbonyl (C=O) groups is 3. The zero-order chi connectivity index (χ0) is 47.2. The van der Waals surface area contributed by atoms with E-state index in [0.29, 0.717) is 48.5 Å². The molecule has 0 aliphatic rings. The van der Waals surface area contributed by atoms with Crippen LogP contribution >= 0.6 is 93.1 Å². The lowest BCUT2D eigenvalue weighted by atomic mass is 10.2. The maximum atomic E-state index is 12.6. The maximum absolute atomic E-state index is 12.6. The van der Waals surface area contributed by atoms with E-state index in [1.54, 1.807) is 12.1 Å². The molecule has 0 saturated heterocycles. The number of nitrogens with one attached hydrogen (secondary N) is 3. The van der Waals surface area contributed by atoms with Crippen LogP contribution in [0, 0.1) is 0 Å². The Balaban J connectivity index is 0.000000214. The molecular formula is C40H40Cl2F5N9O3S6. The summed E-state index contributed by atoms with van der Waals surface area (Å²) in [6, 6.07) is 23.9. The van der Waals surface area contributed by atoms with Gasteiger partial charge in [-0.1, -0.05) is 95.7 Å². The molecule has 0 unspecified atom stereocenters. The van der Waals surface area contributed by atoms with Crippen molar-refractivity contribution in [2.45, 2.75) is 58.2 Å². The molecule has 65 heavy (non-hydrogen) atoms. The first-order chi connectivity index (χ1) is 31.0. The highest BCUT2D eigenvalue weighted by atomic mass is 35.5. The van der Waals surface area contributed by atoms with Gasteiger partial charge in [0.25, 0.3) is 0 Å². The fourth-order valence-corrected chi connectivity index (χ4v) is 9.09. The predicted molar refractivity (Wildman–Crippen MR) is 253 cm³/mol. The van der Waals surface area contributed by atoms with Gasteiger partial charge in [0.05, 0.1) is 23.7 Å². The lowest BCUT2D eigenvalue weighted by Crippen LogP contribution is -2.29. The van der Waals surface area contributed by atoms with Crippen LogP contribution in [0.1, 0.15) is 33.1 Å². The van der Waals surface area contributed by atoms with Gasteiger partial charge in [-0.25, -0.2) is 23.7 Å². The number of aromatic nitrogens is 6. The van der Waals surface area contributed by atoms with E-state index in [4.69, 9.17) is 23.2 Å². The quantitative estimate of drug-likeness (QED) is 0.0520. The molecule has 0 atom stereocenters. The molecule has 12 nitrogen and oxygen atoms in total. The Morgan fingerprint density at radius 1 is 0.554 bits per heavy atom. The highest BCUT2D eigenvalue weighted by Gasteiger charge is 2.26.